The van der Waals surface area contributed by atoms with E-state index in [0.29, 0.717) is 22.2 Å². The van der Waals surface area contributed by atoms with Gasteiger partial charge in [-0.25, -0.2) is 9.18 Å². The van der Waals surface area contributed by atoms with Crippen molar-refractivity contribution < 1.29 is 8.81 Å². The number of rotatable bonds is 2. The fraction of sp³-hybridized carbons (Fsp3) is 0.133. The van der Waals surface area contributed by atoms with Crippen LogP contribution in [0.2, 0.25) is 0 Å². The third-order valence-corrected chi connectivity index (χ3v) is 3.36. The van der Waals surface area contributed by atoms with Crippen molar-refractivity contribution in [3.8, 4) is 0 Å². The van der Waals surface area contributed by atoms with Gasteiger partial charge in [0, 0.05) is 0 Å². The molecule has 0 spiro atoms. The zero-order valence-corrected chi connectivity index (χ0v) is 10.8. The van der Waals surface area contributed by atoms with Crippen molar-refractivity contribution >= 4 is 11.1 Å². The molecule has 102 valence electrons. The fourth-order valence-corrected chi connectivity index (χ4v) is 2.15. The van der Waals surface area contributed by atoms with Crippen LogP contribution in [0.1, 0.15) is 22.7 Å². The normalized spacial score (nSPS) is 12.8. The molecule has 1 aromatic heterocycles. The average Bonchev–Trinajstić information content (AvgIpc) is 2.80. The molecule has 3 rings (SSSR count). The lowest BCUT2D eigenvalue weighted by atomic mass is 9.98. The molecule has 1 atom stereocenters. The molecule has 20 heavy (non-hydrogen) atoms. The standard InChI is InChI=1S/C15H13FN2O2/c1-8-2-3-9(6-11(8)16)14(17)10-4-5-12-13(7-10)20-15(19)18-12/h2-7,14H,17H2,1H3,(H,18,19). The van der Waals surface area contributed by atoms with E-state index < -0.39 is 11.8 Å². The second kappa shape index (κ2) is 4.61. The number of hydrogen-bond donors (Lipinski definition) is 2. The summed E-state index contributed by atoms with van der Waals surface area (Å²) in [7, 11) is 0. The first-order chi connectivity index (χ1) is 9.54. The summed E-state index contributed by atoms with van der Waals surface area (Å²) in [4.78, 5) is 13.7. The van der Waals surface area contributed by atoms with E-state index in [9.17, 15) is 9.18 Å². The predicted octanol–water partition coefficient (Wildman–Crippen LogP) is 2.62. The van der Waals surface area contributed by atoms with Crippen molar-refractivity contribution in [1.29, 1.82) is 0 Å². The number of fused-ring (bicyclic) bond motifs is 1. The van der Waals surface area contributed by atoms with Gasteiger partial charge in [-0.05, 0) is 41.8 Å². The molecule has 0 saturated heterocycles. The van der Waals surface area contributed by atoms with Crippen molar-refractivity contribution in [2.45, 2.75) is 13.0 Å². The second-order valence-corrected chi connectivity index (χ2v) is 4.76. The maximum Gasteiger partial charge on any atom is 0.417 e. The molecule has 5 heteroatoms. The van der Waals surface area contributed by atoms with E-state index >= 15 is 0 Å². The smallest absolute Gasteiger partial charge is 0.408 e. The van der Waals surface area contributed by atoms with Gasteiger partial charge in [-0.2, -0.15) is 0 Å². The predicted molar refractivity (Wildman–Crippen MR) is 74.0 cm³/mol. The monoisotopic (exact) mass is 272 g/mol. The average molecular weight is 272 g/mol. The van der Waals surface area contributed by atoms with Crippen LogP contribution >= 0.6 is 0 Å². The Bertz CT molecular complexity index is 835. The van der Waals surface area contributed by atoms with Crippen LogP contribution in [-0.2, 0) is 0 Å². The van der Waals surface area contributed by atoms with Crippen LogP contribution in [0.3, 0.4) is 0 Å². The number of aromatic nitrogens is 1. The SMILES string of the molecule is Cc1ccc(C(N)c2ccc3[nH]c(=O)oc3c2)cc1F. The van der Waals surface area contributed by atoms with Crippen LogP contribution in [0.15, 0.2) is 45.6 Å². The molecule has 3 aromatic rings. The molecular weight excluding hydrogens is 259 g/mol. The minimum atomic E-state index is -0.507. The lowest BCUT2D eigenvalue weighted by molar-refractivity contribution is 0.555. The highest BCUT2D eigenvalue weighted by molar-refractivity contribution is 5.73. The van der Waals surface area contributed by atoms with Crippen molar-refractivity contribution in [3.05, 3.63) is 69.5 Å². The van der Waals surface area contributed by atoms with E-state index in [1.807, 2.05) is 0 Å². The number of aryl methyl sites for hydroxylation is 1. The van der Waals surface area contributed by atoms with E-state index in [1.54, 1.807) is 37.3 Å². The molecule has 3 N–H and O–H groups in total. The van der Waals surface area contributed by atoms with Crippen molar-refractivity contribution in [1.82, 2.24) is 4.98 Å². The summed E-state index contributed by atoms with van der Waals surface area (Å²) < 4.78 is 18.6. The zero-order chi connectivity index (χ0) is 14.3. The molecule has 2 aromatic carbocycles. The Kier molecular flexibility index (Phi) is 2.91. The van der Waals surface area contributed by atoms with Gasteiger partial charge in [0.15, 0.2) is 5.58 Å². The van der Waals surface area contributed by atoms with Crippen molar-refractivity contribution in [2.24, 2.45) is 5.73 Å². The Morgan fingerprint density at radius 3 is 2.65 bits per heavy atom. The first-order valence-corrected chi connectivity index (χ1v) is 6.19. The zero-order valence-electron chi connectivity index (χ0n) is 10.8. The highest BCUT2D eigenvalue weighted by Crippen LogP contribution is 2.24. The third-order valence-electron chi connectivity index (χ3n) is 3.36. The number of aromatic amines is 1. The highest BCUT2D eigenvalue weighted by atomic mass is 19.1. The Balaban J connectivity index is 2.04. The van der Waals surface area contributed by atoms with Crippen molar-refractivity contribution in [2.75, 3.05) is 0 Å². The molecule has 0 amide bonds. The van der Waals surface area contributed by atoms with Crippen LogP contribution < -0.4 is 11.5 Å². The number of benzene rings is 2. The van der Waals surface area contributed by atoms with Crippen LogP contribution in [0.5, 0.6) is 0 Å². The van der Waals surface area contributed by atoms with E-state index in [0.717, 1.165) is 5.56 Å². The maximum absolute atomic E-state index is 13.6. The van der Waals surface area contributed by atoms with E-state index in [4.69, 9.17) is 10.2 Å². The van der Waals surface area contributed by atoms with Crippen LogP contribution in [0, 0.1) is 12.7 Å². The first-order valence-electron chi connectivity index (χ1n) is 6.19. The van der Waals surface area contributed by atoms with E-state index in [1.165, 1.54) is 6.07 Å². The molecule has 0 bridgehead atoms. The van der Waals surface area contributed by atoms with Gasteiger partial charge in [0.1, 0.15) is 5.82 Å². The van der Waals surface area contributed by atoms with Gasteiger partial charge >= 0.3 is 5.76 Å². The number of nitrogens with one attached hydrogen (secondary N) is 1. The van der Waals surface area contributed by atoms with Crippen LogP contribution in [-0.4, -0.2) is 4.98 Å². The Labute approximate surface area is 114 Å². The molecule has 0 fully saturated rings. The molecule has 0 aliphatic rings. The van der Waals surface area contributed by atoms with Crippen LogP contribution in [0.4, 0.5) is 4.39 Å². The number of H-pyrrole nitrogens is 1. The number of nitrogens with two attached hydrogens (primary N) is 1. The summed E-state index contributed by atoms with van der Waals surface area (Å²) in [5.41, 5.74) is 9.19. The lowest BCUT2D eigenvalue weighted by Gasteiger charge is -2.13. The first kappa shape index (κ1) is 12.6. The maximum atomic E-state index is 13.6. The summed E-state index contributed by atoms with van der Waals surface area (Å²) >= 11 is 0. The van der Waals surface area contributed by atoms with Crippen molar-refractivity contribution in [3.63, 3.8) is 0 Å². The van der Waals surface area contributed by atoms with E-state index in [-0.39, 0.29) is 5.82 Å². The van der Waals surface area contributed by atoms with Gasteiger partial charge in [0.2, 0.25) is 0 Å². The Hall–Kier alpha value is -2.40. The molecule has 0 saturated carbocycles. The second-order valence-electron chi connectivity index (χ2n) is 4.76. The van der Waals surface area contributed by atoms with Gasteiger partial charge in [0.05, 0.1) is 11.6 Å². The molecule has 0 radical (unpaired) electrons. The van der Waals surface area contributed by atoms with Gasteiger partial charge in [-0.1, -0.05) is 18.2 Å². The lowest BCUT2D eigenvalue weighted by Crippen LogP contribution is -2.12. The summed E-state index contributed by atoms with van der Waals surface area (Å²) in [6.45, 7) is 1.70. The summed E-state index contributed by atoms with van der Waals surface area (Å²) in [5, 5.41) is 0. The summed E-state index contributed by atoms with van der Waals surface area (Å²) in [6, 6.07) is 9.64. The van der Waals surface area contributed by atoms with Crippen LogP contribution in [0.25, 0.3) is 11.1 Å². The highest BCUT2D eigenvalue weighted by Gasteiger charge is 2.12. The Morgan fingerprint density at radius 2 is 1.90 bits per heavy atom. The molecule has 0 aliphatic carbocycles. The molecule has 0 aliphatic heterocycles. The topological polar surface area (TPSA) is 72.0 Å². The van der Waals surface area contributed by atoms with Gasteiger partial charge in [0.25, 0.3) is 0 Å². The minimum absolute atomic E-state index is 0.285. The third kappa shape index (κ3) is 2.12. The fourth-order valence-electron chi connectivity index (χ4n) is 2.15. The summed E-state index contributed by atoms with van der Waals surface area (Å²) in [6.07, 6.45) is 0. The Morgan fingerprint density at radius 1 is 1.20 bits per heavy atom. The largest absolute Gasteiger partial charge is 0.417 e. The minimum Gasteiger partial charge on any atom is -0.408 e. The molecule has 4 nitrogen and oxygen atoms in total. The number of hydrogen-bond acceptors (Lipinski definition) is 3. The summed E-state index contributed by atoms with van der Waals surface area (Å²) in [5.74, 6) is -0.792. The molecule has 1 heterocycles. The molecule has 1 unspecified atom stereocenters. The van der Waals surface area contributed by atoms with E-state index in [2.05, 4.69) is 4.98 Å². The quantitative estimate of drug-likeness (QED) is 0.753. The number of oxazole rings is 1. The van der Waals surface area contributed by atoms with Gasteiger partial charge in [-0.3, -0.25) is 4.98 Å². The van der Waals surface area contributed by atoms with Gasteiger partial charge < -0.3 is 10.2 Å². The number of halogens is 1. The molecular formula is C15H13FN2O2. The van der Waals surface area contributed by atoms with Gasteiger partial charge in [-0.15, -0.1) is 0 Å².